The van der Waals surface area contributed by atoms with E-state index < -0.39 is 0 Å². The third-order valence-electron chi connectivity index (χ3n) is 4.49. The quantitative estimate of drug-likeness (QED) is 0.761. The fourth-order valence-electron chi connectivity index (χ4n) is 3.33. The molecule has 0 spiro atoms. The van der Waals surface area contributed by atoms with Gasteiger partial charge in [0.15, 0.2) is 0 Å². The number of nitrogens with zero attached hydrogens (tertiary/aromatic N) is 2. The second-order valence-corrected chi connectivity index (χ2v) is 6.43. The average molecular weight is 322 g/mol. The molecule has 0 unspecified atom stereocenters. The number of nitrogens with one attached hydrogen (secondary N) is 2. The van der Waals surface area contributed by atoms with Gasteiger partial charge in [0.25, 0.3) is 5.56 Å². The lowest BCUT2D eigenvalue weighted by Gasteiger charge is -2.24. The first-order valence-electron chi connectivity index (χ1n) is 8.04. The second kappa shape index (κ2) is 5.33. The number of carbonyl (C=O) groups is 1. The summed E-state index contributed by atoms with van der Waals surface area (Å²) in [6.07, 6.45) is 2.01. The Balaban J connectivity index is 1.90. The molecule has 0 aliphatic carbocycles. The van der Waals surface area contributed by atoms with Gasteiger partial charge in [0.05, 0.1) is 6.20 Å². The number of H-pyrrole nitrogens is 1. The number of anilines is 1. The number of benzene rings is 1. The van der Waals surface area contributed by atoms with E-state index in [0.29, 0.717) is 11.4 Å². The molecule has 6 heteroatoms. The molecule has 122 valence electrons. The number of carbonyl (C=O) groups excluding carboxylic acids is 1. The lowest BCUT2D eigenvalue weighted by Crippen LogP contribution is -2.28. The number of pyridine rings is 1. The number of fused-ring (bicyclic) bond motifs is 2. The Hall–Kier alpha value is -2.89. The van der Waals surface area contributed by atoms with Gasteiger partial charge in [0.1, 0.15) is 5.82 Å². The molecular weight excluding hydrogens is 304 g/mol. The monoisotopic (exact) mass is 322 g/mol. The molecule has 0 saturated heterocycles. The zero-order valence-electron chi connectivity index (χ0n) is 13.5. The van der Waals surface area contributed by atoms with Crippen LogP contribution in [0.1, 0.15) is 43.4 Å². The Morgan fingerprint density at radius 2 is 2.00 bits per heavy atom. The van der Waals surface area contributed by atoms with Gasteiger partial charge in [0.2, 0.25) is 5.91 Å². The van der Waals surface area contributed by atoms with Crippen molar-refractivity contribution >= 4 is 22.6 Å². The van der Waals surface area contributed by atoms with E-state index in [2.05, 4.69) is 15.4 Å². The van der Waals surface area contributed by atoms with Gasteiger partial charge in [0, 0.05) is 35.0 Å². The normalized spacial score (nSPS) is 17.1. The van der Waals surface area contributed by atoms with Gasteiger partial charge in [-0.1, -0.05) is 18.2 Å². The van der Waals surface area contributed by atoms with Crippen molar-refractivity contribution in [3.8, 4) is 0 Å². The Bertz CT molecular complexity index is 1000. The predicted molar refractivity (Wildman–Crippen MR) is 92.3 cm³/mol. The molecule has 2 N–H and O–H groups in total. The highest BCUT2D eigenvalue weighted by Crippen LogP contribution is 2.37. The van der Waals surface area contributed by atoms with Crippen LogP contribution in [0.2, 0.25) is 0 Å². The maximum atomic E-state index is 12.6. The number of aromatic amines is 1. The third kappa shape index (κ3) is 2.22. The molecule has 0 radical (unpaired) electrons. The fraction of sp³-hybridized carbons (Fsp3) is 0.278. The van der Waals surface area contributed by atoms with Crippen LogP contribution in [0.25, 0.3) is 10.9 Å². The molecule has 4 rings (SSSR count). The maximum absolute atomic E-state index is 12.6. The van der Waals surface area contributed by atoms with E-state index in [1.807, 2.05) is 44.2 Å². The Morgan fingerprint density at radius 1 is 1.21 bits per heavy atom. The Morgan fingerprint density at radius 3 is 2.79 bits per heavy atom. The summed E-state index contributed by atoms with van der Waals surface area (Å²) < 4.78 is 1.79. The van der Waals surface area contributed by atoms with Crippen LogP contribution in [0, 0.1) is 0 Å². The summed E-state index contributed by atoms with van der Waals surface area (Å²) in [5, 5.41) is 8.24. The van der Waals surface area contributed by atoms with Gasteiger partial charge in [-0.05, 0) is 31.4 Å². The van der Waals surface area contributed by atoms with Gasteiger partial charge >= 0.3 is 0 Å². The highest BCUT2D eigenvalue weighted by molar-refractivity contribution is 5.94. The van der Waals surface area contributed by atoms with E-state index >= 15 is 0 Å². The van der Waals surface area contributed by atoms with Crippen LogP contribution < -0.4 is 10.9 Å². The van der Waals surface area contributed by atoms with Crippen molar-refractivity contribution in [2.75, 3.05) is 5.32 Å². The second-order valence-electron chi connectivity index (χ2n) is 6.43. The predicted octanol–water partition coefficient (Wildman–Crippen LogP) is 2.78. The first-order chi connectivity index (χ1) is 11.5. The zero-order valence-corrected chi connectivity index (χ0v) is 13.5. The molecule has 1 aliphatic rings. The molecular formula is C18H18N4O2. The van der Waals surface area contributed by atoms with Crippen molar-refractivity contribution in [1.82, 2.24) is 14.8 Å². The molecule has 0 fully saturated rings. The minimum Gasteiger partial charge on any atom is -0.322 e. The number of hydrogen-bond donors (Lipinski definition) is 2. The van der Waals surface area contributed by atoms with Crippen LogP contribution in [0.15, 0.2) is 41.3 Å². The fourth-order valence-corrected chi connectivity index (χ4v) is 3.33. The van der Waals surface area contributed by atoms with Crippen molar-refractivity contribution in [2.24, 2.45) is 0 Å². The molecule has 3 aromatic rings. The molecule has 3 heterocycles. The van der Waals surface area contributed by atoms with E-state index in [0.717, 1.165) is 16.5 Å². The molecule has 0 bridgehead atoms. The summed E-state index contributed by atoms with van der Waals surface area (Å²) in [6, 6.07) is 9.65. The van der Waals surface area contributed by atoms with Crippen molar-refractivity contribution in [3.05, 3.63) is 58.0 Å². The average Bonchev–Trinajstić information content (AvgIpc) is 2.97. The first-order valence-corrected chi connectivity index (χ1v) is 8.04. The van der Waals surface area contributed by atoms with Crippen LogP contribution in [0.4, 0.5) is 5.82 Å². The van der Waals surface area contributed by atoms with Crippen molar-refractivity contribution in [3.63, 3.8) is 0 Å². The third-order valence-corrected chi connectivity index (χ3v) is 4.49. The number of amides is 1. The highest BCUT2D eigenvalue weighted by Gasteiger charge is 2.32. The lowest BCUT2D eigenvalue weighted by molar-refractivity contribution is -0.116. The van der Waals surface area contributed by atoms with Gasteiger partial charge in [-0.25, -0.2) is 4.68 Å². The minimum atomic E-state index is -0.283. The molecule has 1 atom stereocenters. The molecule has 1 amide bonds. The SMILES string of the molecule is CC(C)n1ncc2c1NC(=O)C[C@H]2c1cc2ccccc2[nH]c1=O. The molecule has 1 aliphatic heterocycles. The number of rotatable bonds is 2. The summed E-state index contributed by atoms with van der Waals surface area (Å²) >= 11 is 0. The highest BCUT2D eigenvalue weighted by atomic mass is 16.2. The number of para-hydroxylation sites is 1. The van der Waals surface area contributed by atoms with Crippen LogP contribution in [-0.4, -0.2) is 20.7 Å². The van der Waals surface area contributed by atoms with Crippen molar-refractivity contribution < 1.29 is 4.79 Å². The summed E-state index contributed by atoms with van der Waals surface area (Å²) in [5.74, 6) is 0.316. The molecule has 24 heavy (non-hydrogen) atoms. The van der Waals surface area contributed by atoms with E-state index in [4.69, 9.17) is 0 Å². The maximum Gasteiger partial charge on any atom is 0.252 e. The Labute approximate surface area is 138 Å². The van der Waals surface area contributed by atoms with Crippen LogP contribution in [0.5, 0.6) is 0 Å². The van der Waals surface area contributed by atoms with Crippen molar-refractivity contribution in [1.29, 1.82) is 0 Å². The van der Waals surface area contributed by atoms with Crippen LogP contribution in [0.3, 0.4) is 0 Å². The molecule has 6 nitrogen and oxygen atoms in total. The van der Waals surface area contributed by atoms with E-state index in [1.54, 1.807) is 10.9 Å². The topological polar surface area (TPSA) is 79.8 Å². The zero-order chi connectivity index (χ0) is 16.8. The lowest BCUT2D eigenvalue weighted by atomic mass is 9.87. The number of aromatic nitrogens is 3. The summed E-state index contributed by atoms with van der Waals surface area (Å²) in [6.45, 7) is 4.01. The summed E-state index contributed by atoms with van der Waals surface area (Å²) in [5.41, 5.74) is 2.14. The van der Waals surface area contributed by atoms with Gasteiger partial charge < -0.3 is 10.3 Å². The van der Waals surface area contributed by atoms with Crippen molar-refractivity contribution in [2.45, 2.75) is 32.2 Å². The molecule has 2 aromatic heterocycles. The molecule has 0 saturated carbocycles. The Kier molecular flexibility index (Phi) is 3.26. The summed E-state index contributed by atoms with van der Waals surface area (Å²) in [4.78, 5) is 27.7. The van der Waals surface area contributed by atoms with Gasteiger partial charge in [-0.3, -0.25) is 9.59 Å². The summed E-state index contributed by atoms with van der Waals surface area (Å²) in [7, 11) is 0. The minimum absolute atomic E-state index is 0.0949. The van der Waals surface area contributed by atoms with Gasteiger partial charge in [-0.15, -0.1) is 0 Å². The van der Waals surface area contributed by atoms with Gasteiger partial charge in [-0.2, -0.15) is 5.10 Å². The van der Waals surface area contributed by atoms with E-state index in [9.17, 15) is 9.59 Å². The standard InChI is InChI=1S/C18H18N4O2/c1-10(2)22-17-14(9-19-22)12(8-16(23)21-17)13-7-11-5-3-4-6-15(11)20-18(13)24/h3-7,9-10,12H,8H2,1-2H3,(H,20,24)(H,21,23)/t12-/m0/s1. The smallest absolute Gasteiger partial charge is 0.252 e. The number of hydrogen-bond acceptors (Lipinski definition) is 3. The molecule has 1 aromatic carbocycles. The van der Waals surface area contributed by atoms with E-state index in [1.165, 1.54) is 0 Å². The first kappa shape index (κ1) is 14.7. The largest absolute Gasteiger partial charge is 0.322 e. The van der Waals surface area contributed by atoms with Crippen LogP contribution >= 0.6 is 0 Å². The van der Waals surface area contributed by atoms with Crippen LogP contribution in [-0.2, 0) is 4.79 Å². The van der Waals surface area contributed by atoms with E-state index in [-0.39, 0.29) is 29.8 Å².